The van der Waals surface area contributed by atoms with Crippen LogP contribution in [0.3, 0.4) is 0 Å². The Morgan fingerprint density at radius 2 is 1.33 bits per heavy atom. The first kappa shape index (κ1) is 10.2. The van der Waals surface area contributed by atoms with Crippen molar-refractivity contribution >= 4 is 0 Å². The van der Waals surface area contributed by atoms with Crippen molar-refractivity contribution in [2.45, 2.75) is 57.8 Å². The standard InChI is InChI=1S/C15H25/c1-11-5-4-8-14-9-12-6-2-3-7-13(12)10-15(11)14/h11-15H,1-10H2. The zero-order valence-electron chi connectivity index (χ0n) is 9.96. The van der Waals surface area contributed by atoms with Crippen LogP contribution in [0.4, 0.5) is 0 Å². The van der Waals surface area contributed by atoms with Gasteiger partial charge in [0, 0.05) is 0 Å². The first-order valence-electron chi connectivity index (χ1n) is 7.17. The van der Waals surface area contributed by atoms with Crippen LogP contribution in [0.25, 0.3) is 0 Å². The lowest BCUT2D eigenvalue weighted by Crippen LogP contribution is -2.38. The molecule has 5 atom stereocenters. The van der Waals surface area contributed by atoms with Gasteiger partial charge < -0.3 is 0 Å². The molecule has 0 saturated heterocycles. The van der Waals surface area contributed by atoms with E-state index in [9.17, 15) is 0 Å². The first-order valence-corrected chi connectivity index (χ1v) is 7.17. The van der Waals surface area contributed by atoms with Crippen molar-refractivity contribution in [3.05, 3.63) is 6.92 Å². The quantitative estimate of drug-likeness (QED) is 0.548. The summed E-state index contributed by atoms with van der Waals surface area (Å²) in [5, 5.41) is 0. The average molecular weight is 205 g/mol. The minimum atomic E-state index is 0.798. The molecule has 3 aliphatic carbocycles. The summed E-state index contributed by atoms with van der Waals surface area (Å²) in [5.41, 5.74) is 0. The summed E-state index contributed by atoms with van der Waals surface area (Å²) in [6.07, 6.45) is 13.7. The third-order valence-corrected chi connectivity index (χ3v) is 5.61. The zero-order valence-corrected chi connectivity index (χ0v) is 9.96. The molecule has 0 aromatic carbocycles. The second kappa shape index (κ2) is 4.11. The van der Waals surface area contributed by atoms with Crippen LogP contribution in [0.2, 0.25) is 0 Å². The molecule has 3 saturated carbocycles. The molecule has 85 valence electrons. The maximum Gasteiger partial charge on any atom is -0.0355 e. The SMILES string of the molecule is [CH2]C1CCCC2CC3CCCCC3CC12. The number of hydrogen-bond donors (Lipinski definition) is 0. The third kappa shape index (κ3) is 1.85. The molecule has 1 radical (unpaired) electrons. The van der Waals surface area contributed by atoms with Gasteiger partial charge in [0.25, 0.3) is 0 Å². The fourth-order valence-electron chi connectivity index (χ4n) is 4.78. The molecule has 0 amide bonds. The van der Waals surface area contributed by atoms with E-state index in [-0.39, 0.29) is 0 Å². The Bertz CT molecular complexity index is 220. The molecule has 0 aromatic heterocycles. The molecule has 3 rings (SSSR count). The predicted molar refractivity (Wildman–Crippen MR) is 64.4 cm³/mol. The van der Waals surface area contributed by atoms with Gasteiger partial charge in [-0.1, -0.05) is 44.9 Å². The van der Waals surface area contributed by atoms with Crippen molar-refractivity contribution in [1.29, 1.82) is 0 Å². The van der Waals surface area contributed by atoms with Gasteiger partial charge in [0.1, 0.15) is 0 Å². The van der Waals surface area contributed by atoms with E-state index >= 15 is 0 Å². The summed E-state index contributed by atoms with van der Waals surface area (Å²) in [6, 6.07) is 0. The summed E-state index contributed by atoms with van der Waals surface area (Å²) >= 11 is 0. The maximum absolute atomic E-state index is 4.42. The second-order valence-electron chi connectivity index (χ2n) is 6.39. The van der Waals surface area contributed by atoms with Crippen LogP contribution in [0, 0.1) is 36.5 Å². The van der Waals surface area contributed by atoms with Crippen LogP contribution in [0.1, 0.15) is 57.8 Å². The van der Waals surface area contributed by atoms with Crippen LogP contribution in [0.5, 0.6) is 0 Å². The van der Waals surface area contributed by atoms with E-state index in [2.05, 4.69) is 6.92 Å². The predicted octanol–water partition coefficient (Wildman–Crippen LogP) is 4.45. The molecular formula is C15H25. The Kier molecular flexibility index (Phi) is 2.79. The number of hydrogen-bond acceptors (Lipinski definition) is 0. The minimum Gasteiger partial charge on any atom is -0.0530 e. The van der Waals surface area contributed by atoms with E-state index in [0.717, 1.165) is 29.6 Å². The Morgan fingerprint density at radius 3 is 2.13 bits per heavy atom. The molecule has 0 bridgehead atoms. The van der Waals surface area contributed by atoms with Gasteiger partial charge in [-0.2, -0.15) is 0 Å². The monoisotopic (exact) mass is 205 g/mol. The molecule has 0 nitrogen and oxygen atoms in total. The Labute approximate surface area is 94.8 Å². The molecule has 0 heteroatoms. The van der Waals surface area contributed by atoms with E-state index in [0.29, 0.717) is 0 Å². The number of rotatable bonds is 0. The highest BCUT2D eigenvalue weighted by Gasteiger charge is 2.41. The molecule has 0 spiro atoms. The van der Waals surface area contributed by atoms with Gasteiger partial charge in [-0.25, -0.2) is 0 Å². The van der Waals surface area contributed by atoms with Gasteiger partial charge in [0.15, 0.2) is 0 Å². The highest BCUT2D eigenvalue weighted by molar-refractivity contribution is 4.93. The molecule has 3 fully saturated rings. The summed E-state index contributed by atoms with van der Waals surface area (Å²) in [7, 11) is 0. The lowest BCUT2D eigenvalue weighted by molar-refractivity contribution is 0.0302. The van der Waals surface area contributed by atoms with Gasteiger partial charge in [-0.3, -0.25) is 0 Å². The van der Waals surface area contributed by atoms with Crippen molar-refractivity contribution in [3.8, 4) is 0 Å². The van der Waals surface area contributed by atoms with E-state index in [1.165, 1.54) is 32.1 Å². The van der Waals surface area contributed by atoms with Crippen molar-refractivity contribution in [2.24, 2.45) is 29.6 Å². The van der Waals surface area contributed by atoms with E-state index in [1.54, 1.807) is 25.7 Å². The second-order valence-corrected chi connectivity index (χ2v) is 6.39. The molecule has 15 heavy (non-hydrogen) atoms. The Hall–Kier alpha value is 0. The highest BCUT2D eigenvalue weighted by atomic mass is 14.5. The first-order chi connectivity index (χ1) is 7.34. The molecule has 0 heterocycles. The minimum absolute atomic E-state index is 0.798. The van der Waals surface area contributed by atoms with Gasteiger partial charge in [0.2, 0.25) is 0 Å². The van der Waals surface area contributed by atoms with E-state index in [1.807, 2.05) is 0 Å². The fraction of sp³-hybridized carbons (Fsp3) is 0.933. The molecule has 3 aliphatic rings. The van der Waals surface area contributed by atoms with Gasteiger partial charge in [-0.05, 0) is 49.4 Å². The lowest BCUT2D eigenvalue weighted by atomic mass is 9.57. The van der Waals surface area contributed by atoms with E-state index < -0.39 is 0 Å². The third-order valence-electron chi connectivity index (χ3n) is 5.61. The van der Waals surface area contributed by atoms with Gasteiger partial charge >= 0.3 is 0 Å². The summed E-state index contributed by atoms with van der Waals surface area (Å²) in [4.78, 5) is 0. The zero-order chi connectivity index (χ0) is 10.3. The molecular weight excluding hydrogens is 180 g/mol. The van der Waals surface area contributed by atoms with Crippen molar-refractivity contribution in [3.63, 3.8) is 0 Å². The molecule has 0 N–H and O–H groups in total. The smallest absolute Gasteiger partial charge is 0.0355 e. The van der Waals surface area contributed by atoms with Crippen LogP contribution < -0.4 is 0 Å². The Morgan fingerprint density at radius 1 is 0.667 bits per heavy atom. The largest absolute Gasteiger partial charge is 0.0530 e. The highest BCUT2D eigenvalue weighted by Crippen LogP contribution is 2.51. The van der Waals surface area contributed by atoms with Crippen molar-refractivity contribution in [1.82, 2.24) is 0 Å². The summed E-state index contributed by atoms with van der Waals surface area (Å²) < 4.78 is 0. The average Bonchev–Trinajstić information content (AvgIpc) is 2.27. The molecule has 5 unspecified atom stereocenters. The fourth-order valence-corrected chi connectivity index (χ4v) is 4.78. The van der Waals surface area contributed by atoms with Crippen LogP contribution in [-0.4, -0.2) is 0 Å². The van der Waals surface area contributed by atoms with Crippen LogP contribution in [0.15, 0.2) is 0 Å². The van der Waals surface area contributed by atoms with Crippen LogP contribution >= 0.6 is 0 Å². The Balaban J connectivity index is 1.71. The normalized spacial score (nSPS) is 50.6. The van der Waals surface area contributed by atoms with Crippen molar-refractivity contribution < 1.29 is 0 Å². The summed E-state index contributed by atoms with van der Waals surface area (Å²) in [6.45, 7) is 4.42. The number of fused-ring (bicyclic) bond motifs is 2. The maximum atomic E-state index is 4.42. The van der Waals surface area contributed by atoms with Crippen LogP contribution in [-0.2, 0) is 0 Å². The van der Waals surface area contributed by atoms with E-state index in [4.69, 9.17) is 0 Å². The summed E-state index contributed by atoms with van der Waals surface area (Å²) in [5.74, 6) is 5.10. The molecule has 0 aliphatic heterocycles. The van der Waals surface area contributed by atoms with Gasteiger partial charge in [-0.15, -0.1) is 0 Å². The topological polar surface area (TPSA) is 0 Å². The lowest BCUT2D eigenvalue weighted by Gasteiger charge is -2.48. The van der Waals surface area contributed by atoms with Gasteiger partial charge in [0.05, 0.1) is 0 Å². The van der Waals surface area contributed by atoms with Crippen molar-refractivity contribution in [2.75, 3.05) is 0 Å². The molecule has 0 aromatic rings.